The normalized spacial score (nSPS) is 13.0. The van der Waals surface area contributed by atoms with Crippen LogP contribution in [-0.2, 0) is 19.3 Å². The van der Waals surface area contributed by atoms with Crippen molar-refractivity contribution >= 4 is 0 Å². The predicted molar refractivity (Wildman–Crippen MR) is 99.1 cm³/mol. The molecule has 4 rings (SSSR count). The fraction of sp³-hybridized carbons (Fsp3) is 0.318. The van der Waals surface area contributed by atoms with Gasteiger partial charge in [0.05, 0.1) is 12.3 Å². The number of oxazole rings is 1. The summed E-state index contributed by atoms with van der Waals surface area (Å²) in [6, 6.07) is 14.7. The van der Waals surface area contributed by atoms with Crippen LogP contribution in [0.5, 0.6) is 5.75 Å². The number of hydrogen-bond donors (Lipinski definition) is 0. The van der Waals surface area contributed by atoms with Crippen LogP contribution in [0.1, 0.15) is 34.6 Å². The maximum absolute atomic E-state index is 5.96. The number of benzene rings is 2. The van der Waals surface area contributed by atoms with E-state index < -0.39 is 0 Å². The first-order valence-electron chi connectivity index (χ1n) is 8.97. The Morgan fingerprint density at radius 1 is 1.00 bits per heavy atom. The summed E-state index contributed by atoms with van der Waals surface area (Å²) in [5.74, 6) is 2.54. The van der Waals surface area contributed by atoms with E-state index in [4.69, 9.17) is 9.15 Å². The summed E-state index contributed by atoms with van der Waals surface area (Å²) in [5, 5.41) is 0. The number of aryl methyl sites for hydroxylation is 4. The average Bonchev–Trinajstić information content (AvgIpc) is 3.22. The van der Waals surface area contributed by atoms with Crippen LogP contribution in [0.3, 0.4) is 0 Å². The summed E-state index contributed by atoms with van der Waals surface area (Å²) in [5.41, 5.74) is 6.10. The van der Waals surface area contributed by atoms with Crippen LogP contribution in [0.15, 0.2) is 46.9 Å². The molecule has 1 heterocycles. The molecule has 0 saturated heterocycles. The lowest BCUT2D eigenvalue weighted by molar-refractivity contribution is 0.309. The number of nitrogens with zero attached hydrogens (tertiary/aromatic N) is 1. The third kappa shape index (κ3) is 3.46. The summed E-state index contributed by atoms with van der Waals surface area (Å²) in [6.45, 7) is 4.67. The fourth-order valence-electron chi connectivity index (χ4n) is 3.38. The van der Waals surface area contributed by atoms with Crippen molar-refractivity contribution in [1.29, 1.82) is 0 Å². The van der Waals surface area contributed by atoms with Gasteiger partial charge in [0.1, 0.15) is 11.5 Å². The Kier molecular flexibility index (Phi) is 4.31. The maximum Gasteiger partial charge on any atom is 0.226 e. The number of aromatic nitrogens is 1. The van der Waals surface area contributed by atoms with Crippen molar-refractivity contribution < 1.29 is 9.15 Å². The van der Waals surface area contributed by atoms with Gasteiger partial charge in [-0.25, -0.2) is 4.98 Å². The average molecular weight is 333 g/mol. The van der Waals surface area contributed by atoms with Crippen molar-refractivity contribution in [2.75, 3.05) is 6.61 Å². The summed E-state index contributed by atoms with van der Waals surface area (Å²) >= 11 is 0. The number of fused-ring (bicyclic) bond motifs is 1. The fourth-order valence-corrected chi connectivity index (χ4v) is 3.38. The molecule has 0 unspecified atom stereocenters. The molecule has 128 valence electrons. The second kappa shape index (κ2) is 6.75. The largest absolute Gasteiger partial charge is 0.493 e. The smallest absolute Gasteiger partial charge is 0.226 e. The minimum Gasteiger partial charge on any atom is -0.493 e. The first-order valence-corrected chi connectivity index (χ1v) is 8.97. The van der Waals surface area contributed by atoms with Gasteiger partial charge >= 0.3 is 0 Å². The minimum atomic E-state index is 0.599. The molecule has 0 atom stereocenters. The van der Waals surface area contributed by atoms with Gasteiger partial charge in [0.15, 0.2) is 0 Å². The van der Waals surface area contributed by atoms with E-state index in [0.29, 0.717) is 12.5 Å². The van der Waals surface area contributed by atoms with Crippen LogP contribution in [0.25, 0.3) is 11.5 Å². The Morgan fingerprint density at radius 2 is 1.80 bits per heavy atom. The highest BCUT2D eigenvalue weighted by Crippen LogP contribution is 2.26. The molecule has 1 aliphatic rings. The zero-order chi connectivity index (χ0) is 17.2. The Hall–Kier alpha value is -2.55. The van der Waals surface area contributed by atoms with Crippen LogP contribution in [0, 0.1) is 13.8 Å². The van der Waals surface area contributed by atoms with Gasteiger partial charge < -0.3 is 9.15 Å². The molecule has 0 spiro atoms. The van der Waals surface area contributed by atoms with E-state index in [9.17, 15) is 0 Å². The van der Waals surface area contributed by atoms with Gasteiger partial charge in [-0.1, -0.05) is 23.8 Å². The maximum atomic E-state index is 5.96. The Labute approximate surface area is 148 Å². The topological polar surface area (TPSA) is 35.3 Å². The first kappa shape index (κ1) is 15.9. The van der Waals surface area contributed by atoms with E-state index in [1.807, 2.05) is 19.1 Å². The van der Waals surface area contributed by atoms with E-state index >= 15 is 0 Å². The zero-order valence-electron chi connectivity index (χ0n) is 14.8. The highest BCUT2D eigenvalue weighted by Gasteiger charge is 2.13. The molecule has 3 heteroatoms. The van der Waals surface area contributed by atoms with Crippen molar-refractivity contribution in [3.05, 3.63) is 70.6 Å². The molecule has 0 N–H and O–H groups in total. The SMILES string of the molecule is Cc1ccc(-c2nc(C)c(CCOc3ccc4c(c3)CCC4)o2)cc1. The second-order valence-electron chi connectivity index (χ2n) is 6.78. The van der Waals surface area contributed by atoms with Crippen LogP contribution in [0.4, 0.5) is 0 Å². The van der Waals surface area contributed by atoms with E-state index in [1.54, 1.807) is 0 Å². The van der Waals surface area contributed by atoms with Crippen LogP contribution in [0.2, 0.25) is 0 Å². The summed E-state index contributed by atoms with van der Waals surface area (Å²) in [4.78, 5) is 4.56. The highest BCUT2D eigenvalue weighted by molar-refractivity contribution is 5.54. The van der Waals surface area contributed by atoms with Gasteiger partial charge in [-0.15, -0.1) is 0 Å². The van der Waals surface area contributed by atoms with E-state index in [0.717, 1.165) is 29.2 Å². The van der Waals surface area contributed by atoms with Gasteiger partial charge in [0.25, 0.3) is 0 Å². The second-order valence-corrected chi connectivity index (χ2v) is 6.78. The molecule has 25 heavy (non-hydrogen) atoms. The van der Waals surface area contributed by atoms with Gasteiger partial charge in [-0.3, -0.25) is 0 Å². The standard InChI is InChI=1S/C22H23NO2/c1-15-6-8-18(9-7-15)22-23-16(2)21(25-22)12-13-24-20-11-10-17-4-3-5-19(17)14-20/h6-11,14H,3-5,12-13H2,1-2H3. The Morgan fingerprint density at radius 3 is 2.64 bits per heavy atom. The lowest BCUT2D eigenvalue weighted by Gasteiger charge is -2.07. The van der Waals surface area contributed by atoms with Crippen LogP contribution < -0.4 is 4.74 Å². The molecule has 3 aromatic rings. The number of hydrogen-bond acceptors (Lipinski definition) is 3. The van der Waals surface area contributed by atoms with E-state index in [2.05, 4.69) is 42.2 Å². The lowest BCUT2D eigenvalue weighted by atomic mass is 10.1. The monoisotopic (exact) mass is 333 g/mol. The van der Waals surface area contributed by atoms with E-state index in [-0.39, 0.29) is 0 Å². The number of rotatable bonds is 5. The lowest BCUT2D eigenvalue weighted by Crippen LogP contribution is -2.02. The molecular formula is C22H23NO2. The van der Waals surface area contributed by atoms with Crippen molar-refractivity contribution in [1.82, 2.24) is 4.98 Å². The van der Waals surface area contributed by atoms with Crippen molar-refractivity contribution in [3.8, 4) is 17.2 Å². The molecule has 0 fully saturated rings. The first-order chi connectivity index (χ1) is 12.2. The van der Waals surface area contributed by atoms with Crippen molar-refractivity contribution in [2.24, 2.45) is 0 Å². The van der Waals surface area contributed by atoms with Crippen LogP contribution >= 0.6 is 0 Å². The molecule has 1 aromatic heterocycles. The molecule has 3 nitrogen and oxygen atoms in total. The summed E-state index contributed by atoms with van der Waals surface area (Å²) in [6.07, 6.45) is 4.36. The summed E-state index contributed by atoms with van der Waals surface area (Å²) < 4.78 is 11.9. The zero-order valence-corrected chi connectivity index (χ0v) is 14.8. The third-order valence-corrected chi connectivity index (χ3v) is 4.86. The Bertz CT molecular complexity index is 878. The van der Waals surface area contributed by atoms with Crippen LogP contribution in [-0.4, -0.2) is 11.6 Å². The number of ether oxygens (including phenoxy) is 1. The van der Waals surface area contributed by atoms with E-state index in [1.165, 1.54) is 36.0 Å². The van der Waals surface area contributed by atoms with Crippen molar-refractivity contribution in [2.45, 2.75) is 39.5 Å². The van der Waals surface area contributed by atoms with Crippen molar-refractivity contribution in [3.63, 3.8) is 0 Å². The van der Waals surface area contributed by atoms with Gasteiger partial charge in [0.2, 0.25) is 5.89 Å². The molecular weight excluding hydrogens is 310 g/mol. The highest BCUT2D eigenvalue weighted by atomic mass is 16.5. The van der Waals surface area contributed by atoms with Gasteiger partial charge in [0, 0.05) is 12.0 Å². The molecule has 2 aromatic carbocycles. The minimum absolute atomic E-state index is 0.599. The molecule has 0 bridgehead atoms. The molecule has 0 radical (unpaired) electrons. The third-order valence-electron chi connectivity index (χ3n) is 4.86. The molecule has 0 aliphatic heterocycles. The van der Waals surface area contributed by atoms with Gasteiger partial charge in [-0.2, -0.15) is 0 Å². The molecule has 0 saturated carbocycles. The van der Waals surface area contributed by atoms with Gasteiger partial charge in [-0.05, 0) is 68.5 Å². The Balaban J connectivity index is 1.40. The molecule has 0 amide bonds. The summed E-state index contributed by atoms with van der Waals surface area (Å²) in [7, 11) is 0. The quantitative estimate of drug-likeness (QED) is 0.654. The predicted octanol–water partition coefficient (Wildman–Crippen LogP) is 5.07. The molecule has 1 aliphatic carbocycles.